The van der Waals surface area contributed by atoms with Gasteiger partial charge in [-0.2, -0.15) is 0 Å². The van der Waals surface area contributed by atoms with Crippen LogP contribution in [-0.2, 0) is 15.1 Å². The molecule has 0 radical (unpaired) electrons. The third kappa shape index (κ3) is 1.68. The number of imide groups is 1. The quantitative estimate of drug-likeness (QED) is 0.482. The fraction of sp³-hybridized carbons (Fsp3) is 0.267. The average molecular weight is 285 g/mol. The molecule has 6 nitrogen and oxygen atoms in total. The van der Waals surface area contributed by atoms with Gasteiger partial charge in [-0.3, -0.25) is 14.9 Å². The van der Waals surface area contributed by atoms with Crippen molar-refractivity contribution in [1.29, 1.82) is 0 Å². The highest BCUT2D eigenvalue weighted by molar-refractivity contribution is 6.27. The summed E-state index contributed by atoms with van der Waals surface area (Å²) in [4.78, 5) is 38.1. The lowest BCUT2D eigenvalue weighted by molar-refractivity contribution is -0.133. The average Bonchev–Trinajstić information content (AvgIpc) is 2.86. The molecule has 1 aromatic rings. The van der Waals surface area contributed by atoms with Gasteiger partial charge in [0, 0.05) is 12.1 Å². The van der Waals surface area contributed by atoms with Gasteiger partial charge in [0.05, 0.1) is 5.69 Å². The number of anilines is 1. The SMILES string of the molecule is C/C=C/CN1C(=O)C2(NC(=O)NC2=O)c2cc(C)ccc21. The number of rotatable bonds is 2. The summed E-state index contributed by atoms with van der Waals surface area (Å²) in [6.07, 6.45) is 3.66. The van der Waals surface area contributed by atoms with Crippen molar-refractivity contribution in [2.75, 3.05) is 11.4 Å². The molecule has 2 N–H and O–H groups in total. The van der Waals surface area contributed by atoms with E-state index in [1.54, 1.807) is 12.1 Å². The number of nitrogens with zero attached hydrogens (tertiary/aromatic N) is 1. The lowest BCUT2D eigenvalue weighted by atomic mass is 9.90. The number of hydrogen-bond donors (Lipinski definition) is 2. The van der Waals surface area contributed by atoms with E-state index in [9.17, 15) is 14.4 Å². The van der Waals surface area contributed by atoms with Crippen molar-refractivity contribution in [3.8, 4) is 0 Å². The van der Waals surface area contributed by atoms with E-state index < -0.39 is 23.4 Å². The van der Waals surface area contributed by atoms with E-state index in [0.29, 0.717) is 17.8 Å². The molecule has 6 heteroatoms. The molecule has 1 spiro atoms. The Morgan fingerprint density at radius 1 is 1.29 bits per heavy atom. The first-order valence-corrected chi connectivity index (χ1v) is 6.68. The van der Waals surface area contributed by atoms with Gasteiger partial charge in [0.15, 0.2) is 0 Å². The zero-order valence-corrected chi connectivity index (χ0v) is 11.8. The smallest absolute Gasteiger partial charge is 0.312 e. The van der Waals surface area contributed by atoms with E-state index in [4.69, 9.17) is 0 Å². The van der Waals surface area contributed by atoms with Gasteiger partial charge in [0.25, 0.3) is 11.8 Å². The molecule has 2 aliphatic rings. The monoisotopic (exact) mass is 285 g/mol. The number of hydrogen-bond acceptors (Lipinski definition) is 3. The van der Waals surface area contributed by atoms with E-state index in [2.05, 4.69) is 10.6 Å². The maximum Gasteiger partial charge on any atom is 0.323 e. The van der Waals surface area contributed by atoms with Crippen LogP contribution in [0.5, 0.6) is 0 Å². The number of amides is 4. The molecule has 0 aromatic heterocycles. The lowest BCUT2D eigenvalue weighted by Crippen LogP contribution is -2.52. The van der Waals surface area contributed by atoms with E-state index in [0.717, 1.165) is 5.56 Å². The Kier molecular flexibility index (Phi) is 2.83. The highest BCUT2D eigenvalue weighted by Crippen LogP contribution is 2.42. The molecule has 0 bridgehead atoms. The Morgan fingerprint density at radius 3 is 2.67 bits per heavy atom. The molecule has 2 heterocycles. The molecule has 1 saturated heterocycles. The Labute approximate surface area is 121 Å². The maximum atomic E-state index is 12.8. The molecule has 2 aliphatic heterocycles. The summed E-state index contributed by atoms with van der Waals surface area (Å²) in [6.45, 7) is 4.09. The standard InChI is InChI=1S/C15H15N3O3/c1-3-4-7-18-11-6-5-9(2)8-10(11)15(13(18)20)12(19)16-14(21)17-15/h3-6,8H,7H2,1-2H3,(H2,16,17,19,21)/b4-3+. The molecule has 0 saturated carbocycles. The van der Waals surface area contributed by atoms with E-state index >= 15 is 0 Å². The molecule has 21 heavy (non-hydrogen) atoms. The molecule has 1 atom stereocenters. The largest absolute Gasteiger partial charge is 0.323 e. The van der Waals surface area contributed by atoms with E-state index in [1.165, 1.54) is 4.90 Å². The molecule has 1 fully saturated rings. The topological polar surface area (TPSA) is 78.5 Å². The van der Waals surface area contributed by atoms with Crippen molar-refractivity contribution in [2.24, 2.45) is 0 Å². The van der Waals surface area contributed by atoms with Crippen LogP contribution in [0.3, 0.4) is 0 Å². The minimum atomic E-state index is -1.62. The summed E-state index contributed by atoms with van der Waals surface area (Å²) >= 11 is 0. The zero-order chi connectivity index (χ0) is 15.2. The molecule has 3 rings (SSSR count). The van der Waals surface area contributed by atoms with Gasteiger partial charge in [0.2, 0.25) is 5.54 Å². The van der Waals surface area contributed by atoms with Crippen LogP contribution in [0.2, 0.25) is 0 Å². The summed E-state index contributed by atoms with van der Waals surface area (Å²) in [7, 11) is 0. The van der Waals surface area contributed by atoms with Gasteiger partial charge in [-0.05, 0) is 19.9 Å². The minimum Gasteiger partial charge on any atom is -0.312 e. The van der Waals surface area contributed by atoms with Crippen molar-refractivity contribution in [3.63, 3.8) is 0 Å². The fourth-order valence-electron chi connectivity index (χ4n) is 2.80. The number of carbonyl (C=O) groups excluding carboxylic acids is 3. The molecule has 4 amide bonds. The third-order valence-corrected chi connectivity index (χ3v) is 3.81. The fourth-order valence-corrected chi connectivity index (χ4v) is 2.80. The predicted octanol–water partition coefficient (Wildman–Crippen LogP) is 0.952. The Bertz CT molecular complexity index is 695. The molecule has 1 aromatic carbocycles. The van der Waals surface area contributed by atoms with Crippen LogP contribution in [0.15, 0.2) is 30.4 Å². The molecule has 0 aliphatic carbocycles. The highest BCUT2D eigenvalue weighted by Gasteiger charge is 2.61. The van der Waals surface area contributed by atoms with Crippen molar-refractivity contribution in [2.45, 2.75) is 19.4 Å². The Balaban J connectivity index is 2.20. The summed E-state index contributed by atoms with van der Waals surface area (Å²) in [6, 6.07) is 4.81. The first-order chi connectivity index (χ1) is 10.0. The minimum absolute atomic E-state index is 0.357. The Morgan fingerprint density at radius 2 is 2.05 bits per heavy atom. The summed E-state index contributed by atoms with van der Waals surface area (Å²) in [5.41, 5.74) is 0.476. The number of allylic oxidation sites excluding steroid dienone is 1. The second kappa shape index (κ2) is 4.44. The predicted molar refractivity (Wildman–Crippen MR) is 76.7 cm³/mol. The number of urea groups is 1. The van der Waals surface area contributed by atoms with Gasteiger partial charge in [-0.15, -0.1) is 0 Å². The van der Waals surface area contributed by atoms with Crippen LogP contribution in [0.1, 0.15) is 18.1 Å². The van der Waals surface area contributed by atoms with Crippen LogP contribution in [0, 0.1) is 6.92 Å². The van der Waals surface area contributed by atoms with Crippen molar-refractivity contribution >= 4 is 23.5 Å². The van der Waals surface area contributed by atoms with Crippen LogP contribution in [-0.4, -0.2) is 24.4 Å². The van der Waals surface area contributed by atoms with Crippen molar-refractivity contribution in [3.05, 3.63) is 41.5 Å². The van der Waals surface area contributed by atoms with Crippen LogP contribution in [0.4, 0.5) is 10.5 Å². The number of fused-ring (bicyclic) bond motifs is 2. The highest BCUT2D eigenvalue weighted by atomic mass is 16.2. The number of aryl methyl sites for hydroxylation is 1. The summed E-state index contributed by atoms with van der Waals surface area (Å²) in [5.74, 6) is -1.04. The molecular weight excluding hydrogens is 270 g/mol. The second-order valence-electron chi connectivity index (χ2n) is 5.16. The molecule has 1 unspecified atom stereocenters. The number of carbonyl (C=O) groups is 3. The third-order valence-electron chi connectivity index (χ3n) is 3.81. The van der Waals surface area contributed by atoms with Gasteiger partial charge < -0.3 is 10.2 Å². The zero-order valence-electron chi connectivity index (χ0n) is 11.8. The van der Waals surface area contributed by atoms with Crippen LogP contribution in [0.25, 0.3) is 0 Å². The van der Waals surface area contributed by atoms with Crippen molar-refractivity contribution in [1.82, 2.24) is 10.6 Å². The van der Waals surface area contributed by atoms with Crippen LogP contribution < -0.4 is 15.5 Å². The van der Waals surface area contributed by atoms with Crippen molar-refractivity contribution < 1.29 is 14.4 Å². The normalized spacial score (nSPS) is 23.9. The molecular formula is C15H15N3O3. The van der Waals surface area contributed by atoms with Gasteiger partial charge in [0.1, 0.15) is 0 Å². The summed E-state index contributed by atoms with van der Waals surface area (Å²) in [5, 5.41) is 4.67. The lowest BCUT2D eigenvalue weighted by Gasteiger charge is -2.20. The van der Waals surface area contributed by atoms with E-state index in [-0.39, 0.29) is 0 Å². The maximum absolute atomic E-state index is 12.8. The Hall–Kier alpha value is -2.63. The molecule has 108 valence electrons. The second-order valence-corrected chi connectivity index (χ2v) is 5.16. The van der Waals surface area contributed by atoms with Crippen LogP contribution >= 0.6 is 0 Å². The van der Waals surface area contributed by atoms with E-state index in [1.807, 2.05) is 32.1 Å². The first kappa shape index (κ1) is 13.4. The first-order valence-electron chi connectivity index (χ1n) is 6.68. The van der Waals surface area contributed by atoms with Gasteiger partial charge in [-0.25, -0.2) is 4.79 Å². The summed E-state index contributed by atoms with van der Waals surface area (Å²) < 4.78 is 0. The number of nitrogens with one attached hydrogen (secondary N) is 2. The van der Waals surface area contributed by atoms with Gasteiger partial charge in [-0.1, -0.05) is 29.8 Å². The number of benzene rings is 1. The van der Waals surface area contributed by atoms with Gasteiger partial charge >= 0.3 is 6.03 Å².